The summed E-state index contributed by atoms with van der Waals surface area (Å²) in [6.07, 6.45) is 3.77. The van der Waals surface area contributed by atoms with Gasteiger partial charge in [-0.1, -0.05) is 12.1 Å². The highest BCUT2D eigenvalue weighted by Gasteiger charge is 1.99. The first-order valence-electron chi connectivity index (χ1n) is 4.15. The molecule has 62 valence electrons. The Morgan fingerprint density at radius 1 is 1.00 bits per heavy atom. The molecule has 1 aromatic carbocycles. The van der Waals surface area contributed by atoms with Crippen LogP contribution in [0.2, 0.25) is 0 Å². The van der Waals surface area contributed by atoms with Crippen LogP contribution in [-0.2, 0) is 0 Å². The van der Waals surface area contributed by atoms with E-state index in [-0.39, 0.29) is 0 Å². The number of rotatable bonds is 0. The van der Waals surface area contributed by atoms with Gasteiger partial charge in [0.05, 0.1) is 0 Å². The molecule has 3 rings (SSSR count). The van der Waals surface area contributed by atoms with E-state index in [0.29, 0.717) is 0 Å². The van der Waals surface area contributed by atoms with Gasteiger partial charge in [-0.05, 0) is 28.3 Å². The van der Waals surface area contributed by atoms with Crippen LogP contribution < -0.4 is 0 Å². The molecule has 0 saturated carbocycles. The third-order valence-corrected chi connectivity index (χ3v) is 3.20. The largest absolute Gasteiger partial charge is 0.264 e. The summed E-state index contributed by atoms with van der Waals surface area (Å²) < 4.78 is 1.34. The molecule has 2 heteroatoms. The zero-order valence-electron chi connectivity index (χ0n) is 6.90. The second-order valence-corrected chi connectivity index (χ2v) is 3.92. The van der Waals surface area contributed by atoms with Gasteiger partial charge in [0.1, 0.15) is 0 Å². The van der Waals surface area contributed by atoms with E-state index in [1.807, 2.05) is 12.4 Å². The molecule has 13 heavy (non-hydrogen) atoms. The minimum absolute atomic E-state index is 1.26. The highest BCUT2D eigenvalue weighted by atomic mass is 32.1. The van der Waals surface area contributed by atoms with Crippen molar-refractivity contribution in [2.45, 2.75) is 0 Å². The molecule has 0 radical (unpaired) electrons. The smallest absolute Gasteiger partial charge is 0.0436 e. The summed E-state index contributed by atoms with van der Waals surface area (Å²) in [5, 5.41) is 5.96. The second kappa shape index (κ2) is 2.54. The summed E-state index contributed by atoms with van der Waals surface area (Å²) in [6, 6.07) is 8.50. The first-order chi connectivity index (χ1) is 6.45. The van der Waals surface area contributed by atoms with Gasteiger partial charge in [-0.25, -0.2) is 0 Å². The number of fused-ring (bicyclic) bond motifs is 3. The summed E-state index contributed by atoms with van der Waals surface area (Å²) >= 11 is 1.78. The van der Waals surface area contributed by atoms with Crippen LogP contribution in [0.4, 0.5) is 0 Å². The minimum atomic E-state index is 1.26. The average Bonchev–Trinajstić information content (AvgIpc) is 2.65. The van der Waals surface area contributed by atoms with Gasteiger partial charge in [0, 0.05) is 22.5 Å². The topological polar surface area (TPSA) is 12.9 Å². The SMILES string of the molecule is c1cc2ccc3ccsc3c2cn1. The first-order valence-corrected chi connectivity index (χ1v) is 5.03. The normalized spacial score (nSPS) is 11.1. The van der Waals surface area contributed by atoms with E-state index in [4.69, 9.17) is 0 Å². The number of pyridine rings is 1. The maximum Gasteiger partial charge on any atom is 0.0436 e. The van der Waals surface area contributed by atoms with Crippen LogP contribution in [0.1, 0.15) is 0 Å². The fourth-order valence-corrected chi connectivity index (χ4v) is 2.51. The molecule has 0 amide bonds. The second-order valence-electron chi connectivity index (χ2n) is 3.00. The van der Waals surface area contributed by atoms with Crippen molar-refractivity contribution in [3.05, 3.63) is 42.0 Å². The Morgan fingerprint density at radius 3 is 2.92 bits per heavy atom. The van der Waals surface area contributed by atoms with Gasteiger partial charge in [0.2, 0.25) is 0 Å². The Morgan fingerprint density at radius 2 is 1.92 bits per heavy atom. The lowest BCUT2D eigenvalue weighted by atomic mass is 10.1. The summed E-state index contributed by atoms with van der Waals surface area (Å²) in [6.45, 7) is 0. The Labute approximate surface area is 79.7 Å². The van der Waals surface area contributed by atoms with Gasteiger partial charge in [-0.15, -0.1) is 11.3 Å². The quantitative estimate of drug-likeness (QED) is 0.522. The molecule has 0 bridgehead atoms. The van der Waals surface area contributed by atoms with E-state index in [0.717, 1.165) is 0 Å². The highest BCUT2D eigenvalue weighted by molar-refractivity contribution is 7.18. The van der Waals surface area contributed by atoms with Crippen LogP contribution in [-0.4, -0.2) is 4.98 Å². The Kier molecular flexibility index (Phi) is 1.37. The van der Waals surface area contributed by atoms with Gasteiger partial charge in [-0.2, -0.15) is 0 Å². The van der Waals surface area contributed by atoms with Crippen molar-refractivity contribution in [1.82, 2.24) is 4.98 Å². The predicted molar refractivity (Wildman–Crippen MR) is 57.1 cm³/mol. The van der Waals surface area contributed by atoms with Crippen LogP contribution >= 0.6 is 11.3 Å². The van der Waals surface area contributed by atoms with Crippen LogP contribution in [0.5, 0.6) is 0 Å². The summed E-state index contributed by atoms with van der Waals surface area (Å²) in [5.74, 6) is 0. The molecule has 0 spiro atoms. The molecule has 0 fully saturated rings. The molecule has 2 aromatic heterocycles. The van der Waals surface area contributed by atoms with Crippen LogP contribution in [0.15, 0.2) is 42.0 Å². The molecule has 0 aliphatic rings. The lowest BCUT2D eigenvalue weighted by molar-refractivity contribution is 1.37. The van der Waals surface area contributed by atoms with Gasteiger partial charge in [-0.3, -0.25) is 4.98 Å². The lowest BCUT2D eigenvalue weighted by Crippen LogP contribution is -1.74. The number of hydrogen-bond donors (Lipinski definition) is 0. The van der Waals surface area contributed by atoms with Gasteiger partial charge >= 0.3 is 0 Å². The van der Waals surface area contributed by atoms with Crippen molar-refractivity contribution in [2.24, 2.45) is 0 Å². The molecule has 0 saturated heterocycles. The lowest BCUT2D eigenvalue weighted by Gasteiger charge is -1.96. The highest BCUT2D eigenvalue weighted by Crippen LogP contribution is 2.28. The molecule has 0 unspecified atom stereocenters. The molecule has 0 aliphatic carbocycles. The predicted octanol–water partition coefficient (Wildman–Crippen LogP) is 3.45. The van der Waals surface area contributed by atoms with Gasteiger partial charge < -0.3 is 0 Å². The summed E-state index contributed by atoms with van der Waals surface area (Å²) in [4.78, 5) is 4.15. The molecular weight excluding hydrogens is 178 g/mol. The molecule has 0 aliphatic heterocycles. The molecular formula is C11H7NS. The van der Waals surface area contributed by atoms with Crippen molar-refractivity contribution in [2.75, 3.05) is 0 Å². The third-order valence-electron chi connectivity index (χ3n) is 2.24. The number of aromatic nitrogens is 1. The number of thiophene rings is 1. The summed E-state index contributed by atoms with van der Waals surface area (Å²) in [5.41, 5.74) is 0. The van der Waals surface area contributed by atoms with Crippen LogP contribution in [0.3, 0.4) is 0 Å². The maximum absolute atomic E-state index is 4.15. The number of benzene rings is 1. The fraction of sp³-hybridized carbons (Fsp3) is 0. The van der Waals surface area contributed by atoms with E-state index in [9.17, 15) is 0 Å². The summed E-state index contributed by atoms with van der Waals surface area (Å²) in [7, 11) is 0. The molecule has 0 atom stereocenters. The number of hydrogen-bond acceptors (Lipinski definition) is 2. The van der Waals surface area contributed by atoms with Gasteiger partial charge in [0.25, 0.3) is 0 Å². The van der Waals surface area contributed by atoms with Crippen molar-refractivity contribution in [3.63, 3.8) is 0 Å². The number of nitrogens with zero attached hydrogens (tertiary/aromatic N) is 1. The third kappa shape index (κ3) is 0.956. The fourth-order valence-electron chi connectivity index (χ4n) is 1.59. The van der Waals surface area contributed by atoms with E-state index in [2.05, 4.69) is 34.6 Å². The Hall–Kier alpha value is -1.41. The van der Waals surface area contributed by atoms with E-state index >= 15 is 0 Å². The Bertz CT molecular complexity index is 568. The van der Waals surface area contributed by atoms with E-state index in [1.165, 1.54) is 20.9 Å². The molecule has 3 aromatic rings. The molecule has 1 nitrogen and oxygen atoms in total. The monoisotopic (exact) mass is 185 g/mol. The van der Waals surface area contributed by atoms with E-state index in [1.54, 1.807) is 11.3 Å². The minimum Gasteiger partial charge on any atom is -0.264 e. The van der Waals surface area contributed by atoms with Crippen LogP contribution in [0, 0.1) is 0 Å². The average molecular weight is 185 g/mol. The Balaban J connectivity index is 2.65. The first kappa shape index (κ1) is 7.04. The van der Waals surface area contributed by atoms with Crippen LogP contribution in [0.25, 0.3) is 20.9 Å². The maximum atomic E-state index is 4.15. The van der Waals surface area contributed by atoms with Crippen molar-refractivity contribution >= 4 is 32.2 Å². The van der Waals surface area contributed by atoms with Crippen molar-refractivity contribution in [3.8, 4) is 0 Å². The zero-order valence-corrected chi connectivity index (χ0v) is 7.71. The van der Waals surface area contributed by atoms with Crippen molar-refractivity contribution < 1.29 is 0 Å². The molecule has 0 N–H and O–H groups in total. The van der Waals surface area contributed by atoms with Crippen molar-refractivity contribution in [1.29, 1.82) is 0 Å². The zero-order chi connectivity index (χ0) is 8.67. The molecule has 2 heterocycles. The standard InChI is InChI=1S/C11H7NS/c1-2-9-4-6-13-11(9)10-7-12-5-3-8(1)10/h1-7H. The van der Waals surface area contributed by atoms with E-state index < -0.39 is 0 Å². The van der Waals surface area contributed by atoms with Gasteiger partial charge in [0.15, 0.2) is 0 Å².